The molecule has 4 heterocycles. The lowest BCUT2D eigenvalue weighted by atomic mass is 9.96. The van der Waals surface area contributed by atoms with Crippen LogP contribution in [-0.2, 0) is 27.5 Å². The van der Waals surface area contributed by atoms with E-state index in [2.05, 4.69) is 15.5 Å². The maximum absolute atomic E-state index is 15.0. The van der Waals surface area contributed by atoms with Gasteiger partial charge < -0.3 is 14.8 Å². The summed E-state index contributed by atoms with van der Waals surface area (Å²) in [5.41, 5.74) is 0.567. The molecule has 1 amide bonds. The molecular weight excluding hydrogens is 639 g/mol. The first-order valence-electron chi connectivity index (χ1n) is 15.8. The first-order valence-corrected chi connectivity index (χ1v) is 16.7. The number of hydrogen-bond acceptors (Lipinski definition) is 9. The Morgan fingerprint density at radius 2 is 1.77 bits per heavy atom. The molecule has 1 saturated heterocycles. The van der Waals surface area contributed by atoms with Crippen LogP contribution < -0.4 is 21.3 Å². The highest BCUT2D eigenvalue weighted by Gasteiger charge is 2.34. The topological polar surface area (TPSA) is 139 Å². The molecule has 12 nitrogen and oxygen atoms in total. The lowest BCUT2D eigenvalue weighted by molar-refractivity contribution is -0.125. The molecule has 5 aromatic rings. The van der Waals surface area contributed by atoms with Crippen molar-refractivity contribution in [3.63, 3.8) is 0 Å². The zero-order valence-corrected chi connectivity index (χ0v) is 27.0. The van der Waals surface area contributed by atoms with Gasteiger partial charge in [0.2, 0.25) is 5.91 Å². The van der Waals surface area contributed by atoms with Crippen molar-refractivity contribution in [3.8, 4) is 10.8 Å². The number of thiophene rings is 1. The number of aromatic nitrogens is 5. The highest BCUT2D eigenvalue weighted by atomic mass is 32.1. The summed E-state index contributed by atoms with van der Waals surface area (Å²) >= 11 is 1.17. The number of Topliss-reactive ketones (excluding diaryl/α,β-unsaturated/α-hetero) is 1. The SMILES string of the molecule is Cc1c(-n2nccn2)sc2c1c(=O)n([C@@H]1CCNC1=O)c(=O)n2C[C@H](OC1CCC(=O)CC1)c1cc(F)ccc1OCc1ccccc1. The first-order chi connectivity index (χ1) is 23.3. The van der Waals surface area contributed by atoms with Gasteiger partial charge in [-0.05, 0) is 49.9 Å². The number of carbonyl (C=O) groups excluding carboxylic acids is 2. The Morgan fingerprint density at radius 3 is 2.48 bits per heavy atom. The average Bonchev–Trinajstić information content (AvgIpc) is 3.84. The number of ketones is 1. The van der Waals surface area contributed by atoms with Gasteiger partial charge in [-0.1, -0.05) is 41.7 Å². The third-order valence-corrected chi connectivity index (χ3v) is 10.2. The van der Waals surface area contributed by atoms with Crippen LogP contribution in [0.4, 0.5) is 4.39 Å². The predicted molar refractivity (Wildman–Crippen MR) is 175 cm³/mol. The largest absolute Gasteiger partial charge is 0.489 e. The molecule has 7 rings (SSSR count). The fourth-order valence-corrected chi connectivity index (χ4v) is 7.65. The molecular formula is C34H33FN6O6S. The molecule has 2 atom stereocenters. The average molecular weight is 673 g/mol. The van der Waals surface area contributed by atoms with E-state index in [-0.39, 0.29) is 36.8 Å². The summed E-state index contributed by atoms with van der Waals surface area (Å²) in [5.74, 6) is -0.414. The molecule has 2 fully saturated rings. The molecule has 2 aromatic carbocycles. The van der Waals surface area contributed by atoms with Crippen LogP contribution in [0.25, 0.3) is 15.2 Å². The maximum Gasteiger partial charge on any atom is 0.332 e. The smallest absolute Gasteiger partial charge is 0.332 e. The number of carbonyl (C=O) groups is 2. The summed E-state index contributed by atoms with van der Waals surface area (Å²) in [4.78, 5) is 55.1. The van der Waals surface area contributed by atoms with Crippen molar-refractivity contribution in [1.82, 2.24) is 29.4 Å². The number of hydrogen-bond donors (Lipinski definition) is 1. The normalized spacial score (nSPS) is 17.6. The molecule has 0 spiro atoms. The van der Waals surface area contributed by atoms with E-state index in [0.29, 0.717) is 58.9 Å². The quantitative estimate of drug-likeness (QED) is 0.233. The third kappa shape index (κ3) is 6.08. The van der Waals surface area contributed by atoms with Gasteiger partial charge in [0.25, 0.3) is 5.56 Å². The number of amides is 1. The van der Waals surface area contributed by atoms with Gasteiger partial charge in [-0.25, -0.2) is 13.8 Å². The number of nitrogens with zero attached hydrogens (tertiary/aromatic N) is 5. The number of ether oxygens (including phenoxy) is 2. The third-order valence-electron chi connectivity index (χ3n) is 8.90. The summed E-state index contributed by atoms with van der Waals surface area (Å²) in [6.07, 6.45) is 3.69. The van der Waals surface area contributed by atoms with Gasteiger partial charge in [-0.3, -0.25) is 19.0 Å². The van der Waals surface area contributed by atoms with Crippen LogP contribution in [0.5, 0.6) is 5.75 Å². The monoisotopic (exact) mass is 672 g/mol. The zero-order chi connectivity index (χ0) is 33.4. The number of nitrogens with one attached hydrogen (secondary N) is 1. The Hall–Kier alpha value is -4.95. The van der Waals surface area contributed by atoms with E-state index >= 15 is 4.39 Å². The minimum atomic E-state index is -0.992. The van der Waals surface area contributed by atoms with Crippen molar-refractivity contribution in [2.45, 2.75) is 70.4 Å². The lowest BCUT2D eigenvalue weighted by Crippen LogP contribution is -2.44. The molecule has 48 heavy (non-hydrogen) atoms. The first kappa shape index (κ1) is 31.6. The van der Waals surface area contributed by atoms with Crippen LogP contribution in [0.3, 0.4) is 0 Å². The summed E-state index contributed by atoms with van der Waals surface area (Å²) in [6, 6.07) is 12.7. The van der Waals surface area contributed by atoms with E-state index in [0.717, 1.165) is 10.1 Å². The predicted octanol–water partition coefficient (Wildman–Crippen LogP) is 4.16. The van der Waals surface area contributed by atoms with Crippen LogP contribution in [-0.4, -0.2) is 48.5 Å². The van der Waals surface area contributed by atoms with E-state index in [4.69, 9.17) is 9.47 Å². The molecule has 0 bridgehead atoms. The summed E-state index contributed by atoms with van der Waals surface area (Å²) in [7, 11) is 0. The highest BCUT2D eigenvalue weighted by molar-refractivity contribution is 7.21. The molecule has 1 aliphatic heterocycles. The fraction of sp³-hybridized carbons (Fsp3) is 0.353. The second-order valence-electron chi connectivity index (χ2n) is 12.0. The van der Waals surface area contributed by atoms with Crippen LogP contribution in [0.15, 0.2) is 70.5 Å². The van der Waals surface area contributed by atoms with Crippen molar-refractivity contribution in [1.29, 1.82) is 0 Å². The summed E-state index contributed by atoms with van der Waals surface area (Å²) in [6.45, 7) is 2.16. The van der Waals surface area contributed by atoms with Gasteiger partial charge in [0.1, 0.15) is 45.9 Å². The minimum Gasteiger partial charge on any atom is -0.489 e. The Morgan fingerprint density at radius 1 is 1.02 bits per heavy atom. The van der Waals surface area contributed by atoms with Crippen LogP contribution >= 0.6 is 11.3 Å². The van der Waals surface area contributed by atoms with Crippen molar-refractivity contribution in [2.24, 2.45) is 0 Å². The fourth-order valence-electron chi connectivity index (χ4n) is 6.43. The van der Waals surface area contributed by atoms with E-state index in [1.165, 1.54) is 51.3 Å². The maximum atomic E-state index is 15.0. The molecule has 3 aromatic heterocycles. The second kappa shape index (κ2) is 13.3. The molecule has 14 heteroatoms. The Balaban J connectivity index is 1.38. The molecule has 248 valence electrons. The molecule has 0 radical (unpaired) electrons. The zero-order valence-electron chi connectivity index (χ0n) is 26.1. The van der Waals surface area contributed by atoms with Crippen molar-refractivity contribution in [2.75, 3.05) is 6.54 Å². The molecule has 1 aliphatic carbocycles. The number of halogens is 1. The minimum absolute atomic E-state index is 0.133. The second-order valence-corrected chi connectivity index (χ2v) is 13.0. The van der Waals surface area contributed by atoms with Gasteiger partial charge in [0.05, 0.1) is 30.4 Å². The highest BCUT2D eigenvalue weighted by Crippen LogP contribution is 2.36. The van der Waals surface area contributed by atoms with Crippen molar-refractivity contribution in [3.05, 3.63) is 104 Å². The number of fused-ring (bicyclic) bond motifs is 1. The Labute approximate surface area is 277 Å². The van der Waals surface area contributed by atoms with E-state index in [1.54, 1.807) is 6.92 Å². The van der Waals surface area contributed by atoms with Gasteiger partial charge in [0.15, 0.2) is 0 Å². The number of rotatable bonds is 10. The summed E-state index contributed by atoms with van der Waals surface area (Å²) in [5, 5.41) is 12.0. The van der Waals surface area contributed by atoms with Crippen LogP contribution in [0.2, 0.25) is 0 Å². The van der Waals surface area contributed by atoms with Gasteiger partial charge in [0, 0.05) is 30.5 Å². The van der Waals surface area contributed by atoms with Gasteiger partial charge in [-0.15, -0.1) is 4.80 Å². The number of aryl methyl sites for hydroxylation is 1. The van der Waals surface area contributed by atoms with Crippen LogP contribution in [0.1, 0.15) is 60.9 Å². The summed E-state index contributed by atoms with van der Waals surface area (Å²) < 4.78 is 30.3. The van der Waals surface area contributed by atoms with E-state index in [9.17, 15) is 19.2 Å². The molecule has 2 aliphatic rings. The molecule has 1 saturated carbocycles. The molecule has 1 N–H and O–H groups in total. The van der Waals surface area contributed by atoms with Gasteiger partial charge >= 0.3 is 5.69 Å². The van der Waals surface area contributed by atoms with Crippen molar-refractivity contribution >= 4 is 33.2 Å². The Bertz CT molecular complexity index is 2100. The van der Waals surface area contributed by atoms with Crippen molar-refractivity contribution < 1.29 is 23.5 Å². The van der Waals surface area contributed by atoms with E-state index < -0.39 is 35.1 Å². The molecule has 0 unspecified atom stereocenters. The van der Waals surface area contributed by atoms with Crippen LogP contribution in [0, 0.1) is 12.7 Å². The number of benzene rings is 2. The van der Waals surface area contributed by atoms with Gasteiger partial charge in [-0.2, -0.15) is 10.2 Å². The van der Waals surface area contributed by atoms with E-state index in [1.807, 2.05) is 30.3 Å². The Kier molecular flexibility index (Phi) is 8.75. The lowest BCUT2D eigenvalue weighted by Gasteiger charge is -2.29. The standard InChI is InChI=1S/C34H33FN6O6S/c1-20-29-31(44)40(26-13-14-36-30(26)43)34(45)39(33(29)48-32(20)41-37-15-16-38-41)18-28(47-24-10-8-23(42)9-11-24)25-17-22(35)7-12-27(25)46-19-21-5-3-2-4-6-21/h2-7,12,15-17,24,26,28H,8-11,13-14,18-19H2,1H3,(H,36,43)/t26-,28+/m1/s1.